The van der Waals surface area contributed by atoms with Crippen molar-refractivity contribution < 1.29 is 0 Å². The van der Waals surface area contributed by atoms with Crippen LogP contribution in [0.15, 0.2) is 34.5 Å². The quantitative estimate of drug-likeness (QED) is 0.622. The fourth-order valence-corrected chi connectivity index (χ4v) is 1.83. The second-order valence-electron chi connectivity index (χ2n) is 3.60. The van der Waals surface area contributed by atoms with E-state index in [0.717, 1.165) is 22.5 Å². The number of hydrogen-bond donors (Lipinski definition) is 2. The summed E-state index contributed by atoms with van der Waals surface area (Å²) in [6.07, 6.45) is 5.23. The standard InChI is InChI=1S/C12H13ClN4/c1-15-6-9(5-14)8-4-11-10(16-7-8)2-3-12(13)17-11/h2-6,16H,7,14H2,1H3. The molecular weight excluding hydrogens is 236 g/mol. The van der Waals surface area contributed by atoms with Gasteiger partial charge in [0, 0.05) is 31.6 Å². The summed E-state index contributed by atoms with van der Waals surface area (Å²) in [6.45, 7) is 0.700. The summed E-state index contributed by atoms with van der Waals surface area (Å²) < 4.78 is 0. The molecule has 0 saturated carbocycles. The molecule has 0 atom stereocenters. The van der Waals surface area contributed by atoms with Crippen molar-refractivity contribution in [3.05, 3.63) is 40.3 Å². The van der Waals surface area contributed by atoms with Gasteiger partial charge in [-0.05, 0) is 23.8 Å². The fraction of sp³-hybridized carbons (Fsp3) is 0.167. The molecule has 0 fully saturated rings. The van der Waals surface area contributed by atoms with Crippen LogP contribution < -0.4 is 11.1 Å². The summed E-state index contributed by atoms with van der Waals surface area (Å²) in [5.74, 6) is 0. The van der Waals surface area contributed by atoms with Gasteiger partial charge in [-0.15, -0.1) is 0 Å². The average Bonchev–Trinajstić information content (AvgIpc) is 2.35. The van der Waals surface area contributed by atoms with Crippen LogP contribution in [0.5, 0.6) is 0 Å². The first-order valence-corrected chi connectivity index (χ1v) is 5.58. The van der Waals surface area contributed by atoms with E-state index in [9.17, 15) is 0 Å². The number of pyridine rings is 1. The van der Waals surface area contributed by atoms with Crippen LogP contribution >= 0.6 is 11.6 Å². The first-order valence-electron chi connectivity index (χ1n) is 5.20. The Kier molecular flexibility index (Phi) is 3.44. The highest BCUT2D eigenvalue weighted by Gasteiger charge is 2.13. The second-order valence-corrected chi connectivity index (χ2v) is 3.99. The molecule has 4 nitrogen and oxygen atoms in total. The largest absolute Gasteiger partial charge is 0.404 e. The van der Waals surface area contributed by atoms with Crippen LogP contribution in [-0.2, 0) is 0 Å². The number of nitrogens with zero attached hydrogens (tertiary/aromatic N) is 2. The summed E-state index contributed by atoms with van der Waals surface area (Å²) >= 11 is 5.87. The Bertz CT molecular complexity index is 517. The van der Waals surface area contributed by atoms with Crippen molar-refractivity contribution in [3.8, 4) is 0 Å². The van der Waals surface area contributed by atoms with E-state index in [1.165, 1.54) is 6.20 Å². The van der Waals surface area contributed by atoms with Crippen molar-refractivity contribution in [1.29, 1.82) is 0 Å². The number of anilines is 1. The van der Waals surface area contributed by atoms with Gasteiger partial charge in [-0.1, -0.05) is 11.6 Å². The molecule has 2 heterocycles. The summed E-state index contributed by atoms with van der Waals surface area (Å²) in [6, 6.07) is 3.68. The molecule has 88 valence electrons. The summed E-state index contributed by atoms with van der Waals surface area (Å²) in [5, 5.41) is 3.74. The monoisotopic (exact) mass is 248 g/mol. The molecule has 3 N–H and O–H groups in total. The van der Waals surface area contributed by atoms with E-state index in [1.54, 1.807) is 19.3 Å². The molecule has 2 rings (SSSR count). The van der Waals surface area contributed by atoms with Crippen molar-refractivity contribution in [2.45, 2.75) is 0 Å². The molecule has 0 saturated heterocycles. The fourth-order valence-electron chi connectivity index (χ4n) is 1.67. The van der Waals surface area contributed by atoms with Gasteiger partial charge in [0.15, 0.2) is 0 Å². The lowest BCUT2D eigenvalue weighted by Gasteiger charge is -2.18. The van der Waals surface area contributed by atoms with Crippen LogP contribution in [0.1, 0.15) is 5.69 Å². The minimum absolute atomic E-state index is 0.477. The highest BCUT2D eigenvalue weighted by atomic mass is 35.5. The Morgan fingerprint density at radius 3 is 3.12 bits per heavy atom. The van der Waals surface area contributed by atoms with Crippen LogP contribution in [0, 0.1) is 0 Å². The number of halogens is 1. The molecule has 0 aromatic carbocycles. The third kappa shape index (κ3) is 2.47. The first-order chi connectivity index (χ1) is 8.24. The molecule has 1 aromatic heterocycles. The van der Waals surface area contributed by atoms with E-state index < -0.39 is 0 Å². The van der Waals surface area contributed by atoms with Gasteiger partial charge in [0.1, 0.15) is 5.15 Å². The molecule has 0 unspecified atom stereocenters. The first kappa shape index (κ1) is 11.7. The Hall–Kier alpha value is -1.81. The van der Waals surface area contributed by atoms with Gasteiger partial charge in [0.25, 0.3) is 0 Å². The second kappa shape index (κ2) is 5.01. The molecule has 0 aliphatic carbocycles. The van der Waals surface area contributed by atoms with Crippen LogP contribution in [0.3, 0.4) is 0 Å². The zero-order valence-corrected chi connectivity index (χ0v) is 10.2. The predicted octanol–water partition coefficient (Wildman–Crippen LogP) is 2.09. The van der Waals surface area contributed by atoms with Gasteiger partial charge in [0.05, 0.1) is 11.4 Å². The van der Waals surface area contributed by atoms with E-state index in [0.29, 0.717) is 11.7 Å². The van der Waals surface area contributed by atoms with Gasteiger partial charge in [-0.3, -0.25) is 4.99 Å². The van der Waals surface area contributed by atoms with Crippen LogP contribution in [0.2, 0.25) is 5.15 Å². The maximum Gasteiger partial charge on any atom is 0.129 e. The number of rotatable bonds is 2. The predicted molar refractivity (Wildman–Crippen MR) is 72.4 cm³/mol. The molecule has 0 radical (unpaired) electrons. The average molecular weight is 249 g/mol. The zero-order chi connectivity index (χ0) is 12.3. The molecule has 1 aliphatic heterocycles. The van der Waals surface area contributed by atoms with Crippen LogP contribution in [0.25, 0.3) is 6.08 Å². The molecule has 5 heteroatoms. The van der Waals surface area contributed by atoms with Crippen molar-refractivity contribution in [1.82, 2.24) is 4.98 Å². The van der Waals surface area contributed by atoms with Crippen molar-refractivity contribution in [2.24, 2.45) is 10.7 Å². The van der Waals surface area contributed by atoms with Crippen LogP contribution in [0.4, 0.5) is 5.69 Å². The van der Waals surface area contributed by atoms with Gasteiger partial charge < -0.3 is 11.1 Å². The molecule has 1 aromatic rings. The van der Waals surface area contributed by atoms with Gasteiger partial charge >= 0.3 is 0 Å². The number of hydrogen-bond acceptors (Lipinski definition) is 4. The third-order valence-electron chi connectivity index (χ3n) is 2.49. The third-order valence-corrected chi connectivity index (χ3v) is 2.70. The molecule has 1 aliphatic rings. The van der Waals surface area contributed by atoms with E-state index in [2.05, 4.69) is 15.3 Å². The zero-order valence-electron chi connectivity index (χ0n) is 9.44. The molecule has 0 spiro atoms. The lowest BCUT2D eigenvalue weighted by molar-refractivity contribution is 1.17. The molecular formula is C12H13ClN4. The maximum atomic E-state index is 5.87. The number of fused-ring (bicyclic) bond motifs is 1. The van der Waals surface area contributed by atoms with Gasteiger partial charge in [-0.2, -0.15) is 0 Å². The lowest BCUT2D eigenvalue weighted by Crippen LogP contribution is -2.14. The number of aliphatic imine (C=N–C) groups is 1. The number of aromatic nitrogens is 1. The topological polar surface area (TPSA) is 63.3 Å². The maximum absolute atomic E-state index is 5.87. The van der Waals surface area contributed by atoms with Crippen molar-refractivity contribution >= 4 is 29.6 Å². The van der Waals surface area contributed by atoms with Gasteiger partial charge in [0.2, 0.25) is 0 Å². The Morgan fingerprint density at radius 2 is 2.41 bits per heavy atom. The highest BCUT2D eigenvalue weighted by Crippen LogP contribution is 2.25. The minimum atomic E-state index is 0.477. The SMILES string of the molecule is CN=CC(=CN)C1=Cc2nc(Cl)ccc2NC1. The van der Waals surface area contributed by atoms with Crippen molar-refractivity contribution in [2.75, 3.05) is 18.9 Å². The molecule has 0 amide bonds. The summed E-state index contributed by atoms with van der Waals surface area (Å²) in [4.78, 5) is 8.22. The number of nitrogens with one attached hydrogen (secondary N) is 1. The number of nitrogens with two attached hydrogens (primary N) is 1. The van der Waals surface area contributed by atoms with Crippen LogP contribution in [-0.4, -0.2) is 24.8 Å². The van der Waals surface area contributed by atoms with E-state index in [1.807, 2.05) is 12.1 Å². The highest BCUT2D eigenvalue weighted by molar-refractivity contribution is 6.29. The molecule has 17 heavy (non-hydrogen) atoms. The Labute approximate surface area is 105 Å². The van der Waals surface area contributed by atoms with E-state index in [4.69, 9.17) is 17.3 Å². The van der Waals surface area contributed by atoms with Crippen molar-refractivity contribution in [3.63, 3.8) is 0 Å². The lowest BCUT2D eigenvalue weighted by atomic mass is 10.0. The molecule has 0 bridgehead atoms. The summed E-state index contributed by atoms with van der Waals surface area (Å²) in [5.41, 5.74) is 9.29. The van der Waals surface area contributed by atoms with E-state index >= 15 is 0 Å². The normalized spacial score (nSPS) is 15.4. The summed E-state index contributed by atoms with van der Waals surface area (Å²) in [7, 11) is 1.71. The Balaban J connectivity index is 2.40. The minimum Gasteiger partial charge on any atom is -0.404 e. The van der Waals surface area contributed by atoms with E-state index in [-0.39, 0.29) is 0 Å². The van der Waals surface area contributed by atoms with Gasteiger partial charge in [-0.25, -0.2) is 4.98 Å². The smallest absolute Gasteiger partial charge is 0.129 e. The Morgan fingerprint density at radius 1 is 1.59 bits per heavy atom.